The molecule has 0 aromatic rings. The highest BCUT2D eigenvalue weighted by molar-refractivity contribution is 5.83. The van der Waals surface area contributed by atoms with E-state index in [1.54, 1.807) is 7.11 Å². The van der Waals surface area contributed by atoms with Crippen molar-refractivity contribution in [2.24, 2.45) is 5.41 Å². The maximum Gasteiger partial charge on any atom is 0.231 e. The van der Waals surface area contributed by atoms with Crippen LogP contribution < -0.4 is 5.32 Å². The molecule has 1 amide bonds. The van der Waals surface area contributed by atoms with Crippen molar-refractivity contribution in [1.82, 2.24) is 10.2 Å². The molecule has 4 heteroatoms. The number of carbonyl (C=O) groups is 1. The van der Waals surface area contributed by atoms with Crippen LogP contribution in [0.2, 0.25) is 0 Å². The smallest absolute Gasteiger partial charge is 0.231 e. The first-order valence-corrected chi connectivity index (χ1v) is 7.08. The van der Waals surface area contributed by atoms with E-state index >= 15 is 0 Å². The minimum absolute atomic E-state index is 0.263. The van der Waals surface area contributed by atoms with E-state index in [9.17, 15) is 4.79 Å². The average Bonchev–Trinajstić information content (AvgIpc) is 2.40. The molecule has 0 bridgehead atoms. The van der Waals surface area contributed by atoms with E-state index in [1.807, 2.05) is 11.9 Å². The van der Waals surface area contributed by atoms with Crippen LogP contribution in [0.1, 0.15) is 39.5 Å². The van der Waals surface area contributed by atoms with Gasteiger partial charge in [-0.25, -0.2) is 0 Å². The zero-order valence-electron chi connectivity index (χ0n) is 12.3. The number of amides is 1. The van der Waals surface area contributed by atoms with Crippen molar-refractivity contribution in [1.29, 1.82) is 0 Å². The Bertz CT molecular complexity index is 253. The Hall–Kier alpha value is -0.610. The zero-order valence-corrected chi connectivity index (χ0v) is 12.3. The molecule has 18 heavy (non-hydrogen) atoms. The molecule has 0 aromatic carbocycles. The summed E-state index contributed by atoms with van der Waals surface area (Å²) in [6.45, 7) is 6.64. The Morgan fingerprint density at radius 2 is 1.89 bits per heavy atom. The van der Waals surface area contributed by atoms with Crippen LogP contribution in [0.15, 0.2) is 0 Å². The van der Waals surface area contributed by atoms with E-state index in [0.717, 1.165) is 38.8 Å². The molecule has 1 aliphatic rings. The van der Waals surface area contributed by atoms with Crippen LogP contribution in [0.3, 0.4) is 0 Å². The van der Waals surface area contributed by atoms with Gasteiger partial charge < -0.3 is 15.0 Å². The van der Waals surface area contributed by atoms with E-state index in [2.05, 4.69) is 19.2 Å². The van der Waals surface area contributed by atoms with Gasteiger partial charge >= 0.3 is 0 Å². The number of piperidine rings is 1. The minimum Gasteiger partial charge on any atom is -0.384 e. The summed E-state index contributed by atoms with van der Waals surface area (Å²) >= 11 is 0. The van der Waals surface area contributed by atoms with Gasteiger partial charge in [0.2, 0.25) is 5.91 Å². The Morgan fingerprint density at radius 1 is 1.33 bits per heavy atom. The molecule has 1 rings (SSSR count). The van der Waals surface area contributed by atoms with E-state index in [1.165, 1.54) is 0 Å². The van der Waals surface area contributed by atoms with Crippen molar-refractivity contribution in [2.45, 2.75) is 45.6 Å². The lowest BCUT2D eigenvalue weighted by Crippen LogP contribution is -2.52. The van der Waals surface area contributed by atoms with Crippen LogP contribution in [0.4, 0.5) is 0 Å². The highest BCUT2D eigenvalue weighted by Gasteiger charge is 2.42. The second-order valence-electron chi connectivity index (χ2n) is 5.35. The van der Waals surface area contributed by atoms with Gasteiger partial charge in [0.1, 0.15) is 0 Å². The highest BCUT2D eigenvalue weighted by atomic mass is 16.5. The number of ether oxygens (including phenoxy) is 1. The van der Waals surface area contributed by atoms with Gasteiger partial charge in [0.25, 0.3) is 0 Å². The monoisotopic (exact) mass is 256 g/mol. The summed E-state index contributed by atoms with van der Waals surface area (Å²) in [5.41, 5.74) is -0.308. The predicted molar refractivity (Wildman–Crippen MR) is 73.6 cm³/mol. The molecule has 0 aromatic heterocycles. The molecule has 1 aliphatic heterocycles. The van der Waals surface area contributed by atoms with Gasteiger partial charge in [-0.05, 0) is 38.8 Å². The van der Waals surface area contributed by atoms with Gasteiger partial charge in [-0.3, -0.25) is 4.79 Å². The summed E-state index contributed by atoms with van der Waals surface area (Å²) in [6.07, 6.45) is 3.79. The van der Waals surface area contributed by atoms with E-state index in [-0.39, 0.29) is 11.3 Å². The predicted octanol–water partition coefficient (Wildman–Crippen LogP) is 1.65. The fraction of sp³-hybridized carbons (Fsp3) is 0.929. The Kier molecular flexibility index (Phi) is 6.09. The molecule has 0 unspecified atom stereocenters. The topological polar surface area (TPSA) is 41.6 Å². The molecule has 0 radical (unpaired) electrons. The summed E-state index contributed by atoms with van der Waals surface area (Å²) < 4.78 is 5.33. The van der Waals surface area contributed by atoms with Crippen LogP contribution in [-0.4, -0.2) is 50.7 Å². The van der Waals surface area contributed by atoms with Crippen LogP contribution >= 0.6 is 0 Å². The number of nitrogens with zero attached hydrogens (tertiary/aromatic N) is 1. The Balaban J connectivity index is 2.81. The van der Waals surface area contributed by atoms with E-state index in [0.29, 0.717) is 12.6 Å². The Morgan fingerprint density at radius 3 is 2.33 bits per heavy atom. The standard InChI is InChI=1S/C14H28N2O2/c1-5-12(6-2)16(3)13(17)14(11-18-4)7-9-15-10-8-14/h12,15H,5-11H2,1-4H3. The molecule has 0 aliphatic carbocycles. The lowest BCUT2D eigenvalue weighted by atomic mass is 9.78. The van der Waals surface area contributed by atoms with Crippen LogP contribution in [-0.2, 0) is 9.53 Å². The summed E-state index contributed by atoms with van der Waals surface area (Å²) in [5, 5.41) is 3.32. The largest absolute Gasteiger partial charge is 0.384 e. The molecular weight excluding hydrogens is 228 g/mol. The summed E-state index contributed by atoms with van der Waals surface area (Å²) in [4.78, 5) is 14.7. The molecule has 1 fully saturated rings. The van der Waals surface area contributed by atoms with Crippen LogP contribution in [0.5, 0.6) is 0 Å². The third-order valence-corrected chi connectivity index (χ3v) is 4.25. The molecule has 4 nitrogen and oxygen atoms in total. The maximum absolute atomic E-state index is 12.8. The molecule has 0 saturated carbocycles. The van der Waals surface area contributed by atoms with Gasteiger partial charge in [-0.15, -0.1) is 0 Å². The van der Waals surface area contributed by atoms with Crippen molar-refractivity contribution >= 4 is 5.91 Å². The lowest BCUT2D eigenvalue weighted by molar-refractivity contribution is -0.148. The molecule has 1 heterocycles. The third kappa shape index (κ3) is 3.23. The van der Waals surface area contributed by atoms with Gasteiger partial charge in [0, 0.05) is 20.2 Å². The normalized spacial score (nSPS) is 18.9. The maximum atomic E-state index is 12.8. The third-order valence-electron chi connectivity index (χ3n) is 4.25. The number of methoxy groups -OCH3 is 1. The summed E-state index contributed by atoms with van der Waals surface area (Å²) in [6, 6.07) is 0.348. The average molecular weight is 256 g/mol. The van der Waals surface area contributed by atoms with Gasteiger partial charge in [0.15, 0.2) is 0 Å². The van der Waals surface area contributed by atoms with Crippen molar-refractivity contribution in [3.63, 3.8) is 0 Å². The van der Waals surface area contributed by atoms with Crippen LogP contribution in [0.25, 0.3) is 0 Å². The SMILES string of the molecule is CCC(CC)N(C)C(=O)C1(COC)CCNCC1. The van der Waals surface area contributed by atoms with Crippen LogP contribution in [0, 0.1) is 5.41 Å². The minimum atomic E-state index is -0.308. The van der Waals surface area contributed by atoms with E-state index < -0.39 is 0 Å². The number of carbonyl (C=O) groups excluding carboxylic acids is 1. The fourth-order valence-electron chi connectivity index (χ4n) is 2.98. The number of nitrogens with one attached hydrogen (secondary N) is 1. The van der Waals surface area contributed by atoms with Crippen molar-refractivity contribution in [3.8, 4) is 0 Å². The number of rotatable bonds is 6. The molecule has 0 spiro atoms. The van der Waals surface area contributed by atoms with Gasteiger partial charge in [-0.1, -0.05) is 13.8 Å². The first-order valence-electron chi connectivity index (χ1n) is 7.08. The quantitative estimate of drug-likeness (QED) is 0.785. The number of hydrogen-bond acceptors (Lipinski definition) is 3. The Labute approximate surface area is 111 Å². The molecule has 1 N–H and O–H groups in total. The molecule has 106 valence electrons. The van der Waals surface area contributed by atoms with Crippen molar-refractivity contribution in [2.75, 3.05) is 33.9 Å². The lowest BCUT2D eigenvalue weighted by Gasteiger charge is -2.40. The van der Waals surface area contributed by atoms with E-state index in [4.69, 9.17) is 4.74 Å². The second kappa shape index (κ2) is 7.10. The molecule has 0 atom stereocenters. The summed E-state index contributed by atoms with van der Waals surface area (Å²) in [7, 11) is 3.63. The van der Waals surface area contributed by atoms with Crippen molar-refractivity contribution in [3.05, 3.63) is 0 Å². The van der Waals surface area contributed by atoms with Gasteiger partial charge in [0.05, 0.1) is 12.0 Å². The molecular formula is C14H28N2O2. The van der Waals surface area contributed by atoms with Crippen molar-refractivity contribution < 1.29 is 9.53 Å². The first-order chi connectivity index (χ1) is 8.61. The molecule has 1 saturated heterocycles. The fourth-order valence-corrected chi connectivity index (χ4v) is 2.98. The highest BCUT2D eigenvalue weighted by Crippen LogP contribution is 2.32. The second-order valence-corrected chi connectivity index (χ2v) is 5.35. The number of hydrogen-bond donors (Lipinski definition) is 1. The first kappa shape index (κ1) is 15.4. The zero-order chi connectivity index (χ0) is 13.6. The van der Waals surface area contributed by atoms with Gasteiger partial charge in [-0.2, -0.15) is 0 Å². The summed E-state index contributed by atoms with van der Waals surface area (Å²) in [5.74, 6) is 0.263.